The smallest absolute Gasteiger partial charge is 0.239 e. The van der Waals surface area contributed by atoms with Crippen molar-refractivity contribution in [3.05, 3.63) is 53.7 Å². The van der Waals surface area contributed by atoms with Gasteiger partial charge in [-0.05, 0) is 29.8 Å². The van der Waals surface area contributed by atoms with Gasteiger partial charge in [-0.1, -0.05) is 12.1 Å². The number of aromatic nitrogens is 1. The first kappa shape index (κ1) is 14.9. The van der Waals surface area contributed by atoms with Crippen LogP contribution in [0.5, 0.6) is 0 Å². The van der Waals surface area contributed by atoms with Gasteiger partial charge in [0.15, 0.2) is 0 Å². The molecule has 0 aliphatic carbocycles. The molecule has 1 aromatic heterocycles. The molecule has 6 nitrogen and oxygen atoms in total. The first-order valence-corrected chi connectivity index (χ1v) is 7.45. The number of hydrogen-bond donors (Lipinski definition) is 2. The van der Waals surface area contributed by atoms with Gasteiger partial charge < -0.3 is 15.5 Å². The summed E-state index contributed by atoms with van der Waals surface area (Å²) in [7, 11) is 0. The zero-order valence-electron chi connectivity index (χ0n) is 12.6. The van der Waals surface area contributed by atoms with Gasteiger partial charge in [-0.3, -0.25) is 4.79 Å². The highest BCUT2D eigenvalue weighted by molar-refractivity contribution is 5.82. The fourth-order valence-electron chi connectivity index (χ4n) is 2.47. The summed E-state index contributed by atoms with van der Waals surface area (Å²) in [4.78, 5) is 17.8. The lowest BCUT2D eigenvalue weighted by Gasteiger charge is -2.27. The van der Waals surface area contributed by atoms with Gasteiger partial charge in [-0.25, -0.2) is 4.98 Å². The van der Waals surface area contributed by atoms with E-state index in [2.05, 4.69) is 21.7 Å². The molecule has 1 aliphatic heterocycles. The summed E-state index contributed by atoms with van der Waals surface area (Å²) in [6.45, 7) is 2.39. The van der Waals surface area contributed by atoms with Crippen molar-refractivity contribution >= 4 is 17.4 Å². The number of nitrogens with zero attached hydrogens (tertiary/aromatic N) is 3. The van der Waals surface area contributed by atoms with Crippen molar-refractivity contribution in [2.45, 2.75) is 6.54 Å². The van der Waals surface area contributed by atoms with Crippen molar-refractivity contribution < 1.29 is 4.79 Å². The third kappa shape index (κ3) is 3.77. The summed E-state index contributed by atoms with van der Waals surface area (Å²) in [5, 5.41) is 15.0. The van der Waals surface area contributed by atoms with Gasteiger partial charge in [0.25, 0.3) is 0 Å². The Morgan fingerprint density at radius 2 is 2.26 bits per heavy atom. The predicted octanol–water partition coefficient (Wildman–Crippen LogP) is 1.50. The third-order valence-corrected chi connectivity index (χ3v) is 3.66. The number of benzene rings is 1. The van der Waals surface area contributed by atoms with Gasteiger partial charge in [0.2, 0.25) is 5.91 Å². The third-order valence-electron chi connectivity index (χ3n) is 3.66. The lowest BCUT2D eigenvalue weighted by atomic mass is 10.1. The Hall–Kier alpha value is -3.07. The van der Waals surface area contributed by atoms with E-state index in [1.807, 2.05) is 35.2 Å². The van der Waals surface area contributed by atoms with Crippen LogP contribution in [-0.2, 0) is 11.3 Å². The predicted molar refractivity (Wildman–Crippen MR) is 87.9 cm³/mol. The van der Waals surface area contributed by atoms with Gasteiger partial charge in [-0.2, -0.15) is 5.26 Å². The molecule has 1 fully saturated rings. The second kappa shape index (κ2) is 6.79. The molecule has 2 N–H and O–H groups in total. The van der Waals surface area contributed by atoms with Crippen LogP contribution in [0.2, 0.25) is 0 Å². The van der Waals surface area contributed by atoms with E-state index in [0.29, 0.717) is 25.2 Å². The number of rotatable bonds is 4. The van der Waals surface area contributed by atoms with Gasteiger partial charge in [0, 0.05) is 19.6 Å². The molecular weight excluding hydrogens is 290 g/mol. The number of hydrogen-bond acceptors (Lipinski definition) is 5. The van der Waals surface area contributed by atoms with Crippen molar-refractivity contribution in [2.24, 2.45) is 0 Å². The molecule has 1 saturated heterocycles. The maximum Gasteiger partial charge on any atom is 0.239 e. The van der Waals surface area contributed by atoms with Crippen molar-refractivity contribution in [3.8, 4) is 6.07 Å². The molecule has 23 heavy (non-hydrogen) atoms. The molecule has 0 spiro atoms. The Morgan fingerprint density at radius 3 is 3.00 bits per heavy atom. The Balaban J connectivity index is 1.61. The summed E-state index contributed by atoms with van der Waals surface area (Å²) >= 11 is 0. The lowest BCUT2D eigenvalue weighted by molar-refractivity contribution is -0.120. The number of carbonyl (C=O) groups excluding carboxylic acids is 1. The normalized spacial score (nSPS) is 14.0. The zero-order chi connectivity index (χ0) is 16.1. The monoisotopic (exact) mass is 307 g/mol. The highest BCUT2D eigenvalue weighted by Gasteiger charge is 2.17. The molecule has 2 heterocycles. The highest BCUT2D eigenvalue weighted by Crippen LogP contribution is 2.16. The number of nitrogens with one attached hydrogen (secondary N) is 2. The van der Waals surface area contributed by atoms with Gasteiger partial charge in [0.05, 0.1) is 30.1 Å². The molecule has 0 bridgehead atoms. The zero-order valence-corrected chi connectivity index (χ0v) is 12.6. The van der Waals surface area contributed by atoms with E-state index in [4.69, 9.17) is 5.26 Å². The van der Waals surface area contributed by atoms with Crippen LogP contribution in [0.4, 0.5) is 11.5 Å². The average molecular weight is 307 g/mol. The molecular formula is C17H17N5O. The van der Waals surface area contributed by atoms with Crippen LogP contribution in [0.1, 0.15) is 11.1 Å². The molecule has 1 amide bonds. The molecule has 2 aromatic rings. The molecule has 1 aromatic carbocycles. The largest absolute Gasteiger partial charge is 0.380 e. The van der Waals surface area contributed by atoms with Crippen LogP contribution in [0, 0.1) is 11.3 Å². The van der Waals surface area contributed by atoms with E-state index < -0.39 is 0 Å². The number of nitriles is 1. The quantitative estimate of drug-likeness (QED) is 0.894. The number of pyridine rings is 1. The Kier molecular flexibility index (Phi) is 4.39. The van der Waals surface area contributed by atoms with Crippen molar-refractivity contribution in [3.63, 3.8) is 0 Å². The molecule has 3 rings (SSSR count). The van der Waals surface area contributed by atoms with Crippen LogP contribution in [-0.4, -0.2) is 30.5 Å². The Morgan fingerprint density at radius 1 is 1.35 bits per heavy atom. The summed E-state index contributed by atoms with van der Waals surface area (Å²) in [6.07, 6.45) is 1.76. The topological polar surface area (TPSA) is 81.0 Å². The molecule has 0 radical (unpaired) electrons. The van der Waals surface area contributed by atoms with E-state index in [9.17, 15) is 4.79 Å². The second-order valence-corrected chi connectivity index (χ2v) is 5.34. The molecule has 0 unspecified atom stereocenters. The molecule has 6 heteroatoms. The van der Waals surface area contributed by atoms with E-state index in [1.54, 1.807) is 12.3 Å². The molecule has 0 saturated carbocycles. The minimum absolute atomic E-state index is 0.0256. The van der Waals surface area contributed by atoms with Crippen LogP contribution in [0.3, 0.4) is 0 Å². The first-order chi connectivity index (χ1) is 11.2. The molecule has 116 valence electrons. The summed E-state index contributed by atoms with van der Waals surface area (Å²) < 4.78 is 0. The van der Waals surface area contributed by atoms with Crippen molar-refractivity contribution in [1.82, 2.24) is 10.3 Å². The number of carbonyl (C=O) groups is 1. The fraction of sp³-hybridized carbons (Fsp3) is 0.235. The number of piperazine rings is 1. The van der Waals surface area contributed by atoms with Crippen LogP contribution in [0.15, 0.2) is 42.6 Å². The van der Waals surface area contributed by atoms with E-state index in [-0.39, 0.29) is 5.91 Å². The number of anilines is 2. The fourth-order valence-corrected chi connectivity index (χ4v) is 2.47. The highest BCUT2D eigenvalue weighted by atomic mass is 16.2. The summed E-state index contributed by atoms with van der Waals surface area (Å²) in [5.41, 5.74) is 2.60. The standard InChI is InChI=1S/C17H17N5O/c18-9-13-2-1-3-14(8-13)10-20-15-4-5-16(21-11-15)22-7-6-19-17(23)12-22/h1-5,8,11,20H,6-7,10,12H2,(H,19,23). The maximum atomic E-state index is 11.4. The Bertz CT molecular complexity index is 735. The van der Waals surface area contributed by atoms with Crippen molar-refractivity contribution in [2.75, 3.05) is 29.9 Å². The van der Waals surface area contributed by atoms with E-state index >= 15 is 0 Å². The first-order valence-electron chi connectivity index (χ1n) is 7.45. The van der Waals surface area contributed by atoms with Crippen LogP contribution in [0.25, 0.3) is 0 Å². The van der Waals surface area contributed by atoms with Gasteiger partial charge in [0.1, 0.15) is 5.82 Å². The minimum atomic E-state index is 0.0256. The van der Waals surface area contributed by atoms with Gasteiger partial charge >= 0.3 is 0 Å². The average Bonchev–Trinajstić information content (AvgIpc) is 2.60. The molecule has 0 atom stereocenters. The maximum absolute atomic E-state index is 11.4. The van der Waals surface area contributed by atoms with Crippen LogP contribution < -0.4 is 15.5 Å². The van der Waals surface area contributed by atoms with Crippen molar-refractivity contribution in [1.29, 1.82) is 5.26 Å². The van der Waals surface area contributed by atoms with Gasteiger partial charge in [-0.15, -0.1) is 0 Å². The number of amides is 1. The van der Waals surface area contributed by atoms with E-state index in [1.165, 1.54) is 0 Å². The van der Waals surface area contributed by atoms with E-state index in [0.717, 1.165) is 23.6 Å². The molecule has 1 aliphatic rings. The van der Waals surface area contributed by atoms with Crippen LogP contribution >= 0.6 is 0 Å². The minimum Gasteiger partial charge on any atom is -0.380 e. The lowest BCUT2D eigenvalue weighted by Crippen LogP contribution is -2.48. The summed E-state index contributed by atoms with van der Waals surface area (Å²) in [5.74, 6) is 0.828. The summed E-state index contributed by atoms with van der Waals surface area (Å²) in [6, 6.07) is 13.5. The Labute approximate surface area is 134 Å². The SMILES string of the molecule is N#Cc1cccc(CNc2ccc(N3CCNC(=O)C3)nc2)c1. The second-order valence-electron chi connectivity index (χ2n) is 5.34.